The van der Waals surface area contributed by atoms with Crippen LogP contribution in [0.25, 0.3) is 0 Å². The number of anilines is 1. The summed E-state index contributed by atoms with van der Waals surface area (Å²) in [5, 5.41) is 3.47. The van der Waals surface area contributed by atoms with Crippen LogP contribution in [0.15, 0.2) is 35.5 Å². The lowest BCUT2D eigenvalue weighted by molar-refractivity contribution is -0.115. The van der Waals surface area contributed by atoms with Crippen molar-refractivity contribution >= 4 is 29.3 Å². The van der Waals surface area contributed by atoms with Crippen molar-refractivity contribution in [3.05, 3.63) is 47.3 Å². The van der Waals surface area contributed by atoms with Gasteiger partial charge in [0.15, 0.2) is 5.16 Å². The molecule has 0 saturated carbocycles. The second kappa shape index (κ2) is 8.44. The van der Waals surface area contributed by atoms with E-state index in [1.807, 2.05) is 19.9 Å². The molecule has 1 N–H and O–H groups in total. The van der Waals surface area contributed by atoms with E-state index < -0.39 is 5.97 Å². The Labute approximate surface area is 145 Å². The summed E-state index contributed by atoms with van der Waals surface area (Å²) in [7, 11) is 1.33. The Morgan fingerprint density at radius 1 is 1.12 bits per heavy atom. The zero-order chi connectivity index (χ0) is 17.5. The number of aryl methyl sites for hydroxylation is 2. The quantitative estimate of drug-likeness (QED) is 0.492. The third-order valence-electron chi connectivity index (χ3n) is 3.11. The number of esters is 1. The van der Waals surface area contributed by atoms with Gasteiger partial charge in [0, 0.05) is 29.2 Å². The standard InChI is InChI=1S/C17H19N3O3S/c1-11-10-12(2)19-17(18-11)24-9-8-15(21)20-14-6-4-13(5-7-14)16(22)23-3/h4-7,10H,8-9H2,1-3H3,(H,20,21). The second-order valence-corrected chi connectivity index (χ2v) is 6.21. The van der Waals surface area contributed by atoms with E-state index in [2.05, 4.69) is 20.0 Å². The lowest BCUT2D eigenvalue weighted by Crippen LogP contribution is -2.12. The number of amides is 1. The highest BCUT2D eigenvalue weighted by Crippen LogP contribution is 2.16. The van der Waals surface area contributed by atoms with Crippen molar-refractivity contribution < 1.29 is 14.3 Å². The first-order chi connectivity index (χ1) is 11.5. The highest BCUT2D eigenvalue weighted by molar-refractivity contribution is 7.99. The molecule has 0 bridgehead atoms. The molecule has 0 atom stereocenters. The minimum atomic E-state index is -0.405. The molecule has 0 aliphatic carbocycles. The van der Waals surface area contributed by atoms with Gasteiger partial charge >= 0.3 is 5.97 Å². The van der Waals surface area contributed by atoms with Crippen LogP contribution in [0, 0.1) is 13.8 Å². The van der Waals surface area contributed by atoms with Crippen LogP contribution in [0.3, 0.4) is 0 Å². The maximum atomic E-state index is 12.0. The summed E-state index contributed by atoms with van der Waals surface area (Å²) in [6.07, 6.45) is 0.347. The Bertz CT molecular complexity index is 712. The molecule has 0 spiro atoms. The average Bonchev–Trinajstić information content (AvgIpc) is 2.54. The molecule has 0 aliphatic rings. The lowest BCUT2D eigenvalue weighted by atomic mass is 10.2. The summed E-state index contributed by atoms with van der Waals surface area (Å²) >= 11 is 1.45. The van der Waals surface area contributed by atoms with Gasteiger partial charge in [0.2, 0.25) is 5.91 Å². The number of carbonyl (C=O) groups excluding carboxylic acids is 2. The van der Waals surface area contributed by atoms with Gasteiger partial charge in [0.1, 0.15) is 0 Å². The Kier molecular flexibility index (Phi) is 6.31. The molecule has 7 heteroatoms. The minimum absolute atomic E-state index is 0.0994. The van der Waals surface area contributed by atoms with Crippen LogP contribution in [0.2, 0.25) is 0 Å². The molecule has 1 aromatic carbocycles. The normalized spacial score (nSPS) is 10.3. The van der Waals surface area contributed by atoms with Crippen LogP contribution < -0.4 is 5.32 Å². The van der Waals surface area contributed by atoms with E-state index in [1.165, 1.54) is 18.9 Å². The maximum Gasteiger partial charge on any atom is 0.337 e. The number of thioether (sulfide) groups is 1. The summed E-state index contributed by atoms with van der Waals surface area (Å²) in [4.78, 5) is 32.0. The van der Waals surface area contributed by atoms with Crippen molar-refractivity contribution in [2.75, 3.05) is 18.2 Å². The Balaban J connectivity index is 1.81. The van der Waals surface area contributed by atoms with Crippen LogP contribution in [-0.4, -0.2) is 34.7 Å². The number of aromatic nitrogens is 2. The summed E-state index contributed by atoms with van der Waals surface area (Å²) in [5.41, 5.74) is 2.92. The van der Waals surface area contributed by atoms with E-state index in [0.29, 0.717) is 28.6 Å². The maximum absolute atomic E-state index is 12.0. The van der Waals surface area contributed by atoms with Crippen LogP contribution in [0.5, 0.6) is 0 Å². The molecule has 0 aliphatic heterocycles. The first-order valence-corrected chi connectivity index (χ1v) is 8.40. The number of benzene rings is 1. The van der Waals surface area contributed by atoms with E-state index in [4.69, 9.17) is 0 Å². The Morgan fingerprint density at radius 2 is 1.75 bits per heavy atom. The number of nitrogens with zero attached hydrogens (tertiary/aromatic N) is 2. The SMILES string of the molecule is COC(=O)c1ccc(NC(=O)CCSc2nc(C)cc(C)n2)cc1. The minimum Gasteiger partial charge on any atom is -0.465 e. The number of carbonyl (C=O) groups is 2. The largest absolute Gasteiger partial charge is 0.465 e. The first kappa shape index (κ1) is 17.9. The Morgan fingerprint density at radius 3 is 2.33 bits per heavy atom. The molecule has 24 heavy (non-hydrogen) atoms. The number of hydrogen-bond donors (Lipinski definition) is 1. The van der Waals surface area contributed by atoms with E-state index in [-0.39, 0.29) is 5.91 Å². The van der Waals surface area contributed by atoms with Crippen molar-refractivity contribution in [2.24, 2.45) is 0 Å². The van der Waals surface area contributed by atoms with Crippen LogP contribution in [0.1, 0.15) is 28.2 Å². The van der Waals surface area contributed by atoms with Gasteiger partial charge in [-0.25, -0.2) is 14.8 Å². The smallest absolute Gasteiger partial charge is 0.337 e. The van der Waals surface area contributed by atoms with Crippen molar-refractivity contribution in [1.82, 2.24) is 9.97 Å². The van der Waals surface area contributed by atoms with Crippen molar-refractivity contribution in [3.63, 3.8) is 0 Å². The van der Waals surface area contributed by atoms with Crippen LogP contribution in [0.4, 0.5) is 5.69 Å². The van der Waals surface area contributed by atoms with E-state index in [9.17, 15) is 9.59 Å². The summed E-state index contributed by atoms with van der Waals surface area (Å²) < 4.78 is 4.63. The molecule has 0 radical (unpaired) electrons. The fraction of sp³-hybridized carbons (Fsp3) is 0.294. The third kappa shape index (κ3) is 5.34. The fourth-order valence-electron chi connectivity index (χ4n) is 2.02. The molecule has 0 unspecified atom stereocenters. The van der Waals surface area contributed by atoms with Crippen LogP contribution >= 0.6 is 11.8 Å². The van der Waals surface area contributed by atoms with Gasteiger partial charge in [-0.15, -0.1) is 0 Å². The zero-order valence-electron chi connectivity index (χ0n) is 13.8. The third-order valence-corrected chi connectivity index (χ3v) is 3.96. The molecule has 0 saturated heterocycles. The Hall–Kier alpha value is -2.41. The van der Waals surface area contributed by atoms with Gasteiger partial charge < -0.3 is 10.1 Å². The molecule has 1 heterocycles. The van der Waals surface area contributed by atoms with Crippen molar-refractivity contribution in [1.29, 1.82) is 0 Å². The molecule has 6 nitrogen and oxygen atoms in total. The summed E-state index contributed by atoms with van der Waals surface area (Å²) in [5.74, 6) is 0.0880. The predicted octanol–water partition coefficient (Wildman–Crippen LogP) is 3.00. The van der Waals surface area contributed by atoms with Gasteiger partial charge in [-0.1, -0.05) is 11.8 Å². The molecule has 126 valence electrons. The molecular formula is C17H19N3O3S. The van der Waals surface area contributed by atoms with E-state index >= 15 is 0 Å². The molecule has 0 fully saturated rings. The summed E-state index contributed by atoms with van der Waals surface area (Å²) in [6, 6.07) is 8.47. The highest BCUT2D eigenvalue weighted by Gasteiger charge is 2.07. The van der Waals surface area contributed by atoms with Gasteiger partial charge in [-0.3, -0.25) is 4.79 Å². The zero-order valence-corrected chi connectivity index (χ0v) is 14.6. The van der Waals surface area contributed by atoms with Gasteiger partial charge in [0.05, 0.1) is 12.7 Å². The topological polar surface area (TPSA) is 81.2 Å². The number of hydrogen-bond acceptors (Lipinski definition) is 6. The summed E-state index contributed by atoms with van der Waals surface area (Å²) in [6.45, 7) is 3.84. The molecule has 1 amide bonds. The molecule has 2 aromatic rings. The van der Waals surface area contributed by atoms with Gasteiger partial charge in [0.25, 0.3) is 0 Å². The monoisotopic (exact) mass is 345 g/mol. The second-order valence-electron chi connectivity index (χ2n) is 5.15. The number of methoxy groups -OCH3 is 1. The number of ether oxygens (including phenoxy) is 1. The highest BCUT2D eigenvalue weighted by atomic mass is 32.2. The van der Waals surface area contributed by atoms with Gasteiger partial charge in [-0.05, 0) is 44.2 Å². The van der Waals surface area contributed by atoms with Gasteiger partial charge in [-0.2, -0.15) is 0 Å². The number of nitrogens with one attached hydrogen (secondary N) is 1. The van der Waals surface area contributed by atoms with Crippen molar-refractivity contribution in [3.8, 4) is 0 Å². The van der Waals surface area contributed by atoms with E-state index in [0.717, 1.165) is 11.4 Å². The molecule has 2 rings (SSSR count). The van der Waals surface area contributed by atoms with E-state index in [1.54, 1.807) is 24.3 Å². The molecular weight excluding hydrogens is 326 g/mol. The molecule has 1 aromatic heterocycles. The lowest BCUT2D eigenvalue weighted by Gasteiger charge is -2.06. The number of rotatable bonds is 6. The fourth-order valence-corrected chi connectivity index (χ4v) is 2.91. The predicted molar refractivity (Wildman–Crippen MR) is 93.3 cm³/mol. The first-order valence-electron chi connectivity index (χ1n) is 7.41. The van der Waals surface area contributed by atoms with Crippen LogP contribution in [-0.2, 0) is 9.53 Å². The van der Waals surface area contributed by atoms with Crippen molar-refractivity contribution in [2.45, 2.75) is 25.4 Å². The average molecular weight is 345 g/mol.